The number of aromatic nitrogens is 2. The van der Waals surface area contributed by atoms with Crippen LogP contribution in [0.1, 0.15) is 19.0 Å². The highest BCUT2D eigenvalue weighted by Crippen LogP contribution is 2.22. The number of para-hydroxylation sites is 1. The van der Waals surface area contributed by atoms with E-state index in [1.165, 1.54) is 0 Å². The Hall–Kier alpha value is -1.82. The lowest BCUT2D eigenvalue weighted by molar-refractivity contribution is 0.595. The molecule has 5 nitrogen and oxygen atoms in total. The van der Waals surface area contributed by atoms with Crippen LogP contribution in [0.15, 0.2) is 41.4 Å². The number of hydrogen-bond acceptors (Lipinski definition) is 4. The fraction of sp³-hybridized carbons (Fsp3) is 0.400. The Kier molecular flexibility index (Phi) is 5.01. The van der Waals surface area contributed by atoms with E-state index < -0.39 is 9.84 Å². The standard InChI is InChI=1S/C15H21N3O2S/c1-3-12-21(19,20)15-7-5-4-6-14(15)16-10-8-13-9-11-17-18(13)2/h4-7,9,11,16H,3,8,10,12H2,1-2H3. The molecule has 0 aliphatic carbocycles. The summed E-state index contributed by atoms with van der Waals surface area (Å²) in [6, 6.07) is 9.04. The van der Waals surface area contributed by atoms with E-state index in [2.05, 4.69) is 10.4 Å². The molecule has 2 aromatic rings. The zero-order valence-corrected chi connectivity index (χ0v) is 13.2. The Morgan fingerprint density at radius 2 is 2.00 bits per heavy atom. The molecule has 1 aromatic carbocycles. The molecule has 0 amide bonds. The van der Waals surface area contributed by atoms with E-state index in [0.717, 1.165) is 12.1 Å². The highest BCUT2D eigenvalue weighted by Gasteiger charge is 2.17. The summed E-state index contributed by atoms with van der Waals surface area (Å²) in [6.07, 6.45) is 3.17. The van der Waals surface area contributed by atoms with Crippen molar-refractivity contribution in [1.29, 1.82) is 0 Å². The molecule has 0 radical (unpaired) electrons. The molecule has 0 saturated carbocycles. The van der Waals surface area contributed by atoms with Gasteiger partial charge in [0.05, 0.1) is 16.3 Å². The van der Waals surface area contributed by atoms with Gasteiger partial charge in [-0.05, 0) is 24.6 Å². The van der Waals surface area contributed by atoms with Gasteiger partial charge in [0, 0.05) is 31.9 Å². The van der Waals surface area contributed by atoms with Crippen LogP contribution in [0.25, 0.3) is 0 Å². The molecule has 21 heavy (non-hydrogen) atoms. The Morgan fingerprint density at radius 3 is 2.67 bits per heavy atom. The van der Waals surface area contributed by atoms with Crippen molar-refractivity contribution in [1.82, 2.24) is 9.78 Å². The Bertz CT molecular complexity index is 692. The van der Waals surface area contributed by atoms with Crippen LogP contribution in [0.2, 0.25) is 0 Å². The highest BCUT2D eigenvalue weighted by molar-refractivity contribution is 7.91. The van der Waals surface area contributed by atoms with Gasteiger partial charge in [-0.3, -0.25) is 4.68 Å². The van der Waals surface area contributed by atoms with Gasteiger partial charge >= 0.3 is 0 Å². The molecule has 0 aliphatic heterocycles. The fourth-order valence-electron chi connectivity index (χ4n) is 2.23. The minimum absolute atomic E-state index is 0.174. The van der Waals surface area contributed by atoms with E-state index in [-0.39, 0.29) is 5.75 Å². The molecule has 0 unspecified atom stereocenters. The minimum atomic E-state index is -3.21. The van der Waals surface area contributed by atoms with Crippen molar-refractivity contribution in [3.8, 4) is 0 Å². The van der Waals surface area contributed by atoms with Crippen LogP contribution in [0.5, 0.6) is 0 Å². The summed E-state index contributed by atoms with van der Waals surface area (Å²) in [7, 11) is -1.32. The lowest BCUT2D eigenvalue weighted by Gasteiger charge is -2.12. The van der Waals surface area contributed by atoms with Gasteiger partial charge in [-0.2, -0.15) is 5.10 Å². The molecule has 0 atom stereocenters. The predicted octanol–water partition coefficient (Wildman–Crippen LogP) is 2.26. The van der Waals surface area contributed by atoms with Gasteiger partial charge in [0.25, 0.3) is 0 Å². The van der Waals surface area contributed by atoms with Crippen molar-refractivity contribution < 1.29 is 8.42 Å². The highest BCUT2D eigenvalue weighted by atomic mass is 32.2. The van der Waals surface area contributed by atoms with E-state index in [1.54, 1.807) is 18.3 Å². The smallest absolute Gasteiger partial charge is 0.180 e. The maximum absolute atomic E-state index is 12.2. The number of aryl methyl sites for hydroxylation is 1. The first-order valence-electron chi connectivity index (χ1n) is 7.07. The first kappa shape index (κ1) is 15.6. The summed E-state index contributed by atoms with van der Waals surface area (Å²) in [5.74, 6) is 0.174. The van der Waals surface area contributed by atoms with Gasteiger partial charge in [-0.25, -0.2) is 8.42 Å². The van der Waals surface area contributed by atoms with Crippen molar-refractivity contribution in [3.63, 3.8) is 0 Å². The van der Waals surface area contributed by atoms with E-state index in [1.807, 2.05) is 36.9 Å². The molecule has 2 rings (SSSR count). The third-order valence-electron chi connectivity index (χ3n) is 3.31. The molecule has 0 fully saturated rings. The van der Waals surface area contributed by atoms with Crippen LogP contribution < -0.4 is 5.32 Å². The second kappa shape index (κ2) is 6.76. The number of hydrogen-bond donors (Lipinski definition) is 1. The number of sulfone groups is 1. The molecule has 1 heterocycles. The van der Waals surface area contributed by atoms with E-state index in [0.29, 0.717) is 23.5 Å². The summed E-state index contributed by atoms with van der Waals surface area (Å²) >= 11 is 0. The van der Waals surface area contributed by atoms with Crippen LogP contribution in [-0.2, 0) is 23.3 Å². The van der Waals surface area contributed by atoms with Crippen molar-refractivity contribution in [2.45, 2.75) is 24.7 Å². The van der Waals surface area contributed by atoms with E-state index in [9.17, 15) is 8.42 Å². The molecular weight excluding hydrogens is 286 g/mol. The molecule has 6 heteroatoms. The van der Waals surface area contributed by atoms with Crippen molar-refractivity contribution in [2.24, 2.45) is 7.05 Å². The fourth-order valence-corrected chi connectivity index (χ4v) is 3.75. The average Bonchev–Trinajstić information content (AvgIpc) is 2.85. The predicted molar refractivity (Wildman–Crippen MR) is 84.2 cm³/mol. The zero-order valence-electron chi connectivity index (χ0n) is 12.4. The summed E-state index contributed by atoms with van der Waals surface area (Å²) in [6.45, 7) is 2.54. The SMILES string of the molecule is CCCS(=O)(=O)c1ccccc1NCCc1ccnn1C. The Balaban J connectivity index is 2.09. The molecule has 1 N–H and O–H groups in total. The topological polar surface area (TPSA) is 64.0 Å². The lowest BCUT2D eigenvalue weighted by Crippen LogP contribution is -2.13. The third kappa shape index (κ3) is 3.85. The van der Waals surface area contributed by atoms with E-state index >= 15 is 0 Å². The second-order valence-corrected chi connectivity index (χ2v) is 7.02. The number of nitrogens with one attached hydrogen (secondary N) is 1. The molecule has 0 saturated heterocycles. The summed E-state index contributed by atoms with van der Waals surface area (Å²) in [4.78, 5) is 0.386. The second-order valence-electron chi connectivity index (χ2n) is 4.94. The van der Waals surface area contributed by atoms with Gasteiger partial charge in [0.15, 0.2) is 9.84 Å². The van der Waals surface area contributed by atoms with Gasteiger partial charge in [0.2, 0.25) is 0 Å². The first-order chi connectivity index (χ1) is 10.0. The number of anilines is 1. The maximum Gasteiger partial charge on any atom is 0.180 e. The Morgan fingerprint density at radius 1 is 1.24 bits per heavy atom. The largest absolute Gasteiger partial charge is 0.384 e. The molecule has 0 bridgehead atoms. The number of benzene rings is 1. The quantitative estimate of drug-likeness (QED) is 0.852. The summed E-state index contributed by atoms with van der Waals surface area (Å²) in [5.41, 5.74) is 1.78. The van der Waals surface area contributed by atoms with Crippen molar-refractivity contribution >= 4 is 15.5 Å². The Labute approximate surface area is 125 Å². The molecule has 0 spiro atoms. The zero-order chi connectivity index (χ0) is 15.3. The maximum atomic E-state index is 12.2. The monoisotopic (exact) mass is 307 g/mol. The number of rotatable bonds is 7. The summed E-state index contributed by atoms with van der Waals surface area (Å²) in [5, 5.41) is 7.34. The normalized spacial score (nSPS) is 11.5. The molecular formula is C15H21N3O2S. The average molecular weight is 307 g/mol. The van der Waals surface area contributed by atoms with Gasteiger partial charge < -0.3 is 5.32 Å². The first-order valence-corrected chi connectivity index (χ1v) is 8.72. The van der Waals surface area contributed by atoms with Gasteiger partial charge in [-0.1, -0.05) is 19.1 Å². The minimum Gasteiger partial charge on any atom is -0.384 e. The molecule has 114 valence electrons. The van der Waals surface area contributed by atoms with Crippen LogP contribution >= 0.6 is 0 Å². The third-order valence-corrected chi connectivity index (χ3v) is 5.29. The lowest BCUT2D eigenvalue weighted by atomic mass is 10.3. The van der Waals surface area contributed by atoms with Gasteiger partial charge in [0.1, 0.15) is 0 Å². The van der Waals surface area contributed by atoms with Crippen LogP contribution in [0.3, 0.4) is 0 Å². The molecule has 1 aromatic heterocycles. The van der Waals surface area contributed by atoms with Gasteiger partial charge in [-0.15, -0.1) is 0 Å². The van der Waals surface area contributed by atoms with Crippen LogP contribution in [0, 0.1) is 0 Å². The van der Waals surface area contributed by atoms with Crippen molar-refractivity contribution in [3.05, 3.63) is 42.2 Å². The van der Waals surface area contributed by atoms with Crippen LogP contribution in [0.4, 0.5) is 5.69 Å². The van der Waals surface area contributed by atoms with Crippen LogP contribution in [-0.4, -0.2) is 30.5 Å². The van der Waals surface area contributed by atoms with Crippen molar-refractivity contribution in [2.75, 3.05) is 17.6 Å². The molecule has 0 aliphatic rings. The summed E-state index contributed by atoms with van der Waals surface area (Å²) < 4.78 is 26.3. The van der Waals surface area contributed by atoms with E-state index in [4.69, 9.17) is 0 Å². The number of nitrogens with zero attached hydrogens (tertiary/aromatic N) is 2.